The summed E-state index contributed by atoms with van der Waals surface area (Å²) in [4.78, 5) is 38.8. The molecule has 0 radical (unpaired) electrons. The van der Waals surface area contributed by atoms with Crippen molar-refractivity contribution in [2.75, 3.05) is 51.2 Å². The van der Waals surface area contributed by atoms with Crippen molar-refractivity contribution in [3.05, 3.63) is 70.9 Å². The molecule has 3 N–H and O–H groups in total. The minimum absolute atomic E-state index is 0.0456. The van der Waals surface area contributed by atoms with Gasteiger partial charge >= 0.3 is 0 Å². The van der Waals surface area contributed by atoms with Crippen LogP contribution >= 0.6 is 11.6 Å². The van der Waals surface area contributed by atoms with Gasteiger partial charge in [0.15, 0.2) is 29.6 Å². The average Bonchev–Trinajstić information content (AvgIpc) is 3.50. The number of halogens is 2. The van der Waals surface area contributed by atoms with E-state index in [0.717, 1.165) is 5.56 Å². The molecule has 12 nitrogen and oxygen atoms in total. The number of nitrogens with zero attached hydrogens (tertiary/aromatic N) is 6. The SMILES string of the molecule is Cc1cc(Nc2nccn3c(-c4ccc(OCC#N)c(F)c4Cl)cnc23)ccc1C(=O)N1CCN(C(=O)[C@H]2CCNC[C@@H]2O)CC1. The molecule has 2 aromatic carbocycles. The molecule has 0 spiro atoms. The van der Waals surface area contributed by atoms with Gasteiger partial charge in [-0.1, -0.05) is 11.6 Å². The molecule has 2 atom stereocenters. The van der Waals surface area contributed by atoms with Crippen molar-refractivity contribution >= 4 is 40.6 Å². The monoisotopic (exact) mass is 646 g/mol. The van der Waals surface area contributed by atoms with Gasteiger partial charge in [0, 0.05) is 61.9 Å². The van der Waals surface area contributed by atoms with E-state index in [1.807, 2.05) is 13.0 Å². The number of aryl methyl sites for hydroxylation is 1. The van der Waals surface area contributed by atoms with Gasteiger partial charge < -0.3 is 30.3 Å². The molecule has 2 aliphatic rings. The molecule has 238 valence electrons. The number of piperidine rings is 1. The number of ether oxygens (including phenoxy) is 1. The summed E-state index contributed by atoms with van der Waals surface area (Å²) in [5.74, 6) is -0.995. The van der Waals surface area contributed by atoms with Gasteiger partial charge in [-0.3, -0.25) is 14.0 Å². The summed E-state index contributed by atoms with van der Waals surface area (Å²) >= 11 is 6.34. The Labute approximate surface area is 269 Å². The Bertz CT molecular complexity index is 1830. The van der Waals surface area contributed by atoms with Gasteiger partial charge in [-0.25, -0.2) is 14.4 Å². The van der Waals surface area contributed by atoms with Gasteiger partial charge in [0.25, 0.3) is 5.91 Å². The highest BCUT2D eigenvalue weighted by molar-refractivity contribution is 6.33. The molecule has 6 rings (SSSR count). The van der Waals surface area contributed by atoms with Gasteiger partial charge in [0.1, 0.15) is 6.07 Å². The van der Waals surface area contributed by atoms with E-state index in [2.05, 4.69) is 20.6 Å². The maximum Gasteiger partial charge on any atom is 0.254 e. The molecule has 0 aliphatic carbocycles. The van der Waals surface area contributed by atoms with Gasteiger partial charge in [0.2, 0.25) is 5.91 Å². The Kier molecular flexibility index (Phi) is 9.03. The second-order valence-corrected chi connectivity index (χ2v) is 11.6. The Hall–Kier alpha value is -4.77. The number of nitriles is 1. The second kappa shape index (κ2) is 13.3. The third kappa shape index (κ3) is 6.06. The number of carbonyl (C=O) groups is 2. The maximum absolute atomic E-state index is 14.8. The second-order valence-electron chi connectivity index (χ2n) is 11.2. The molecule has 2 aromatic heterocycles. The molecule has 2 amide bonds. The van der Waals surface area contributed by atoms with Crippen molar-refractivity contribution in [1.29, 1.82) is 5.26 Å². The van der Waals surface area contributed by atoms with Gasteiger partial charge in [-0.05, 0) is 55.8 Å². The number of hydrogen-bond acceptors (Lipinski definition) is 9. The zero-order valence-electron chi connectivity index (χ0n) is 25.0. The molecule has 4 aromatic rings. The summed E-state index contributed by atoms with van der Waals surface area (Å²) in [7, 11) is 0. The highest BCUT2D eigenvalue weighted by Crippen LogP contribution is 2.36. The van der Waals surface area contributed by atoms with Gasteiger partial charge in [-0.15, -0.1) is 0 Å². The lowest BCUT2D eigenvalue weighted by Gasteiger charge is -2.38. The van der Waals surface area contributed by atoms with Crippen molar-refractivity contribution in [2.45, 2.75) is 19.4 Å². The number of aromatic nitrogens is 3. The van der Waals surface area contributed by atoms with Crippen LogP contribution in [0.15, 0.2) is 48.9 Å². The normalized spacial score (nSPS) is 18.3. The fourth-order valence-corrected chi connectivity index (χ4v) is 6.19. The summed E-state index contributed by atoms with van der Waals surface area (Å²) in [6.07, 6.45) is 4.74. The molecule has 0 bridgehead atoms. The van der Waals surface area contributed by atoms with E-state index >= 15 is 0 Å². The zero-order chi connectivity index (χ0) is 32.4. The predicted molar refractivity (Wildman–Crippen MR) is 168 cm³/mol. The van der Waals surface area contributed by atoms with Crippen LogP contribution < -0.4 is 15.4 Å². The van der Waals surface area contributed by atoms with Crippen LogP contribution in [0, 0.1) is 30.0 Å². The fourth-order valence-electron chi connectivity index (χ4n) is 5.94. The number of aliphatic hydroxyl groups excluding tert-OH is 1. The van der Waals surface area contributed by atoms with E-state index in [0.29, 0.717) is 79.7 Å². The van der Waals surface area contributed by atoms with Crippen LogP contribution in [0.25, 0.3) is 16.9 Å². The lowest BCUT2D eigenvalue weighted by molar-refractivity contribution is -0.141. The Morgan fingerprint density at radius 1 is 1.20 bits per heavy atom. The molecular weight excluding hydrogens is 615 g/mol. The lowest BCUT2D eigenvalue weighted by atomic mass is 9.93. The van der Waals surface area contributed by atoms with E-state index in [1.54, 1.807) is 57.1 Å². The van der Waals surface area contributed by atoms with E-state index in [1.165, 1.54) is 6.07 Å². The third-order valence-electron chi connectivity index (χ3n) is 8.41. The van der Waals surface area contributed by atoms with E-state index in [4.69, 9.17) is 21.6 Å². The van der Waals surface area contributed by atoms with Crippen molar-refractivity contribution in [3.8, 4) is 23.1 Å². The lowest BCUT2D eigenvalue weighted by Crippen LogP contribution is -2.55. The number of piperazine rings is 1. The van der Waals surface area contributed by atoms with Crippen molar-refractivity contribution in [1.82, 2.24) is 29.5 Å². The molecule has 0 unspecified atom stereocenters. The summed E-state index contributed by atoms with van der Waals surface area (Å²) in [5, 5.41) is 25.2. The van der Waals surface area contributed by atoms with Crippen molar-refractivity contribution < 1.29 is 23.8 Å². The van der Waals surface area contributed by atoms with Crippen LogP contribution in [0.3, 0.4) is 0 Å². The van der Waals surface area contributed by atoms with Crippen LogP contribution in [0.5, 0.6) is 5.75 Å². The van der Waals surface area contributed by atoms with Crippen LogP contribution in [0.4, 0.5) is 15.9 Å². The Morgan fingerprint density at radius 2 is 1.98 bits per heavy atom. The number of imidazole rings is 1. The molecular formula is C32H32ClFN8O4. The number of carbonyl (C=O) groups excluding carboxylic acids is 2. The molecule has 0 saturated carbocycles. The maximum atomic E-state index is 14.8. The largest absolute Gasteiger partial charge is 0.476 e. The highest BCUT2D eigenvalue weighted by Gasteiger charge is 2.34. The highest BCUT2D eigenvalue weighted by atomic mass is 35.5. The smallest absolute Gasteiger partial charge is 0.254 e. The van der Waals surface area contributed by atoms with E-state index < -0.39 is 17.8 Å². The molecule has 4 heterocycles. The third-order valence-corrected chi connectivity index (χ3v) is 8.78. The quantitative estimate of drug-likeness (QED) is 0.275. The zero-order valence-corrected chi connectivity index (χ0v) is 25.8. The van der Waals surface area contributed by atoms with Crippen LogP contribution in [-0.2, 0) is 4.79 Å². The van der Waals surface area contributed by atoms with E-state index in [9.17, 15) is 19.1 Å². The minimum Gasteiger partial charge on any atom is -0.476 e. The first kappa shape index (κ1) is 31.2. The molecule has 2 aliphatic heterocycles. The van der Waals surface area contributed by atoms with Gasteiger partial charge in [0.05, 0.1) is 28.9 Å². The van der Waals surface area contributed by atoms with Crippen LogP contribution in [0.1, 0.15) is 22.3 Å². The number of benzene rings is 2. The number of anilines is 2. The Morgan fingerprint density at radius 3 is 2.72 bits per heavy atom. The first-order chi connectivity index (χ1) is 22.3. The first-order valence-corrected chi connectivity index (χ1v) is 15.3. The number of nitrogens with one attached hydrogen (secondary N) is 2. The predicted octanol–water partition coefficient (Wildman–Crippen LogP) is 3.40. The fraction of sp³-hybridized carbons (Fsp3) is 0.344. The standard InChI is InChI=1S/C32H32ClFN8O4/c1-19-16-20(2-3-21(19)31(44)40-11-13-41(14-12-40)32(45)23-6-8-36-18-25(23)43)39-29-30-38-17-24(42(30)10-9-37-29)22-4-5-26(46-15-7-35)28(34)27(22)33/h2-5,9-10,16-17,23,25,36,43H,6,8,11-15,18H2,1H3,(H,37,39)/t23-,25-/m0/s1. The summed E-state index contributed by atoms with van der Waals surface area (Å²) in [6.45, 7) is 4.38. The number of aliphatic hydroxyl groups is 1. The summed E-state index contributed by atoms with van der Waals surface area (Å²) in [6, 6.07) is 10.2. The Balaban J connectivity index is 1.14. The van der Waals surface area contributed by atoms with Crippen LogP contribution in [-0.4, -0.2) is 93.1 Å². The molecule has 14 heteroatoms. The average molecular weight is 647 g/mol. The summed E-state index contributed by atoms with van der Waals surface area (Å²) < 4.78 is 21.7. The molecule has 2 fully saturated rings. The number of β-amino-alcohol motifs (C(OH)–C–C–N with tert-alkyl or cyclic N) is 1. The molecule has 46 heavy (non-hydrogen) atoms. The van der Waals surface area contributed by atoms with Gasteiger partial charge in [-0.2, -0.15) is 5.26 Å². The number of hydrogen-bond donors (Lipinski definition) is 3. The number of amides is 2. The van der Waals surface area contributed by atoms with Crippen molar-refractivity contribution in [2.24, 2.45) is 5.92 Å². The molecule has 2 saturated heterocycles. The topological polar surface area (TPSA) is 148 Å². The first-order valence-electron chi connectivity index (χ1n) is 14.9. The summed E-state index contributed by atoms with van der Waals surface area (Å²) in [5.41, 5.74) is 3.41. The van der Waals surface area contributed by atoms with Crippen molar-refractivity contribution in [3.63, 3.8) is 0 Å². The number of rotatable bonds is 7. The minimum atomic E-state index is -0.769. The number of fused-ring (bicyclic) bond motifs is 1. The van der Waals surface area contributed by atoms with E-state index in [-0.39, 0.29) is 29.2 Å². The van der Waals surface area contributed by atoms with Crippen LogP contribution in [0.2, 0.25) is 5.02 Å².